The van der Waals surface area contributed by atoms with Gasteiger partial charge in [0.15, 0.2) is 0 Å². The zero-order valence-electron chi connectivity index (χ0n) is 8.65. The Balaban J connectivity index is 2.81. The molecule has 2 amide bonds. The molecule has 92 valence electrons. The first-order valence-electron chi connectivity index (χ1n) is 4.61. The van der Waals surface area contributed by atoms with Crippen LogP contribution in [0.25, 0.3) is 0 Å². The van der Waals surface area contributed by atoms with Gasteiger partial charge in [0, 0.05) is 4.90 Å². The Morgan fingerprint density at radius 2 is 2.00 bits per heavy atom. The average molecular weight is 260 g/mol. The van der Waals surface area contributed by atoms with Gasteiger partial charge in [0.2, 0.25) is 5.91 Å². The molecule has 0 radical (unpaired) electrons. The lowest BCUT2D eigenvalue weighted by Gasteiger charge is -2.08. The Bertz CT molecular complexity index is 427. The first kappa shape index (κ1) is 13.4. The second-order valence-corrected chi connectivity index (χ2v) is 4.06. The zero-order valence-corrected chi connectivity index (χ0v) is 9.47. The Morgan fingerprint density at radius 1 is 1.35 bits per heavy atom. The third-order valence-electron chi connectivity index (χ3n) is 1.77. The van der Waals surface area contributed by atoms with E-state index in [2.05, 4.69) is 5.32 Å². The van der Waals surface area contributed by atoms with E-state index in [4.69, 9.17) is 5.73 Å². The van der Waals surface area contributed by atoms with Gasteiger partial charge in [0.1, 0.15) is 0 Å². The van der Waals surface area contributed by atoms with Gasteiger partial charge in [0.25, 0.3) is 11.7 Å². The van der Waals surface area contributed by atoms with Gasteiger partial charge in [-0.25, -0.2) is 0 Å². The van der Waals surface area contributed by atoms with Crippen molar-refractivity contribution in [1.29, 1.82) is 0 Å². The highest BCUT2D eigenvalue weighted by atomic mass is 32.2. The second-order valence-electron chi connectivity index (χ2n) is 3.02. The maximum Gasteiger partial charge on any atom is 0.288 e. The number of nitrogens with two attached hydrogens (primary N) is 1. The number of hydrogen-bond donors (Lipinski definition) is 2. The molecule has 4 nitrogen and oxygen atoms in total. The summed E-state index contributed by atoms with van der Waals surface area (Å²) in [6, 6.07) is 5.92. The van der Waals surface area contributed by atoms with E-state index >= 15 is 0 Å². The predicted octanol–water partition coefficient (Wildman–Crippen LogP) is 1.22. The average Bonchev–Trinajstić information content (AvgIpc) is 2.25. The van der Waals surface area contributed by atoms with E-state index in [0.29, 0.717) is 0 Å². The maximum absolute atomic E-state index is 12.2. The van der Waals surface area contributed by atoms with E-state index in [1.54, 1.807) is 12.1 Å². The third-order valence-corrected chi connectivity index (χ3v) is 2.56. The highest BCUT2D eigenvalue weighted by molar-refractivity contribution is 7.99. The van der Waals surface area contributed by atoms with Crippen molar-refractivity contribution in [1.82, 2.24) is 5.32 Å². The zero-order chi connectivity index (χ0) is 12.8. The summed E-state index contributed by atoms with van der Waals surface area (Å²) >= 11 is 0.277. The number of primary amides is 1. The minimum Gasteiger partial charge on any atom is -0.368 e. The minimum atomic E-state index is -2.61. The summed E-state index contributed by atoms with van der Waals surface area (Å²) in [7, 11) is 0. The first-order valence-corrected chi connectivity index (χ1v) is 5.49. The Hall–Kier alpha value is -1.63. The van der Waals surface area contributed by atoms with E-state index in [1.807, 2.05) is 0 Å². The number of halogens is 2. The van der Waals surface area contributed by atoms with Gasteiger partial charge in [-0.15, -0.1) is 0 Å². The number of rotatable bonds is 5. The first-order chi connectivity index (χ1) is 8.00. The fraction of sp³-hybridized carbons (Fsp3) is 0.200. The van der Waals surface area contributed by atoms with Gasteiger partial charge >= 0.3 is 0 Å². The van der Waals surface area contributed by atoms with Crippen LogP contribution in [-0.4, -0.2) is 24.1 Å². The molecule has 1 rings (SSSR count). The van der Waals surface area contributed by atoms with Crippen LogP contribution in [0.1, 0.15) is 10.4 Å². The van der Waals surface area contributed by atoms with Gasteiger partial charge < -0.3 is 11.1 Å². The van der Waals surface area contributed by atoms with Crippen molar-refractivity contribution in [3.8, 4) is 0 Å². The standard InChI is InChI=1S/C10H10F2N2O2S/c11-10(12)17-7-4-2-1-3-6(7)9(16)14-5-8(13)15/h1-4,10H,5H2,(H2,13,15)(H,14,16). The van der Waals surface area contributed by atoms with Crippen LogP contribution in [0.2, 0.25) is 0 Å². The second kappa shape index (κ2) is 6.19. The molecule has 0 bridgehead atoms. The lowest BCUT2D eigenvalue weighted by Crippen LogP contribution is -2.33. The SMILES string of the molecule is NC(=O)CNC(=O)c1ccccc1SC(F)F. The molecule has 0 unspecified atom stereocenters. The highest BCUT2D eigenvalue weighted by Crippen LogP contribution is 2.28. The van der Waals surface area contributed by atoms with Gasteiger partial charge in [0.05, 0.1) is 12.1 Å². The van der Waals surface area contributed by atoms with Crippen molar-refractivity contribution in [3.63, 3.8) is 0 Å². The molecule has 1 aromatic carbocycles. The molecular formula is C10H10F2N2O2S. The van der Waals surface area contributed by atoms with Crippen molar-refractivity contribution >= 4 is 23.6 Å². The molecule has 0 spiro atoms. The molecule has 0 aliphatic heterocycles. The normalized spacial score (nSPS) is 10.3. The molecule has 17 heavy (non-hydrogen) atoms. The highest BCUT2D eigenvalue weighted by Gasteiger charge is 2.15. The molecule has 1 aromatic rings. The molecule has 0 saturated carbocycles. The van der Waals surface area contributed by atoms with Crippen LogP contribution in [0, 0.1) is 0 Å². The Labute approximate surface area is 101 Å². The quantitative estimate of drug-likeness (QED) is 0.782. The van der Waals surface area contributed by atoms with Crippen LogP contribution >= 0.6 is 11.8 Å². The summed E-state index contributed by atoms with van der Waals surface area (Å²) in [5.74, 6) is -3.91. The monoisotopic (exact) mass is 260 g/mol. The molecule has 0 aliphatic rings. The van der Waals surface area contributed by atoms with Crippen molar-refractivity contribution in [2.75, 3.05) is 6.54 Å². The number of nitrogens with one attached hydrogen (secondary N) is 1. The minimum absolute atomic E-state index is 0.0963. The van der Waals surface area contributed by atoms with E-state index in [0.717, 1.165) is 0 Å². The van der Waals surface area contributed by atoms with Crippen molar-refractivity contribution in [2.45, 2.75) is 10.7 Å². The number of hydrogen-bond acceptors (Lipinski definition) is 3. The van der Waals surface area contributed by atoms with Crippen molar-refractivity contribution in [2.24, 2.45) is 5.73 Å². The molecular weight excluding hydrogens is 250 g/mol. The fourth-order valence-electron chi connectivity index (χ4n) is 1.12. The van der Waals surface area contributed by atoms with Crippen LogP contribution in [0.4, 0.5) is 8.78 Å². The molecule has 0 aromatic heterocycles. The summed E-state index contributed by atoms with van der Waals surface area (Å²) in [6.45, 7) is -0.327. The molecule has 0 aliphatic carbocycles. The summed E-state index contributed by atoms with van der Waals surface area (Å²) in [6.07, 6.45) is 0. The van der Waals surface area contributed by atoms with E-state index < -0.39 is 17.6 Å². The Morgan fingerprint density at radius 3 is 2.59 bits per heavy atom. The Kier molecular flexibility index (Phi) is 4.89. The molecule has 0 heterocycles. The lowest BCUT2D eigenvalue weighted by atomic mass is 10.2. The lowest BCUT2D eigenvalue weighted by molar-refractivity contribution is -0.117. The van der Waals surface area contributed by atoms with E-state index in [9.17, 15) is 18.4 Å². The van der Waals surface area contributed by atoms with Gasteiger partial charge in [-0.2, -0.15) is 8.78 Å². The smallest absolute Gasteiger partial charge is 0.288 e. The van der Waals surface area contributed by atoms with Gasteiger partial charge in [-0.1, -0.05) is 23.9 Å². The molecule has 0 saturated heterocycles. The van der Waals surface area contributed by atoms with Gasteiger partial charge in [-0.3, -0.25) is 9.59 Å². The number of amides is 2. The van der Waals surface area contributed by atoms with Crippen LogP contribution in [0.3, 0.4) is 0 Å². The fourth-order valence-corrected chi connectivity index (χ4v) is 1.75. The molecule has 0 fully saturated rings. The van der Waals surface area contributed by atoms with Crippen molar-refractivity contribution < 1.29 is 18.4 Å². The summed E-state index contributed by atoms with van der Waals surface area (Å²) in [5.41, 5.74) is 4.96. The third kappa shape index (κ3) is 4.39. The van der Waals surface area contributed by atoms with E-state index in [-0.39, 0.29) is 28.8 Å². The number of benzene rings is 1. The van der Waals surface area contributed by atoms with Crippen LogP contribution < -0.4 is 11.1 Å². The maximum atomic E-state index is 12.2. The number of alkyl halides is 2. The van der Waals surface area contributed by atoms with Crippen molar-refractivity contribution in [3.05, 3.63) is 29.8 Å². The number of carbonyl (C=O) groups is 2. The molecule has 0 atom stereocenters. The van der Waals surface area contributed by atoms with Gasteiger partial charge in [-0.05, 0) is 12.1 Å². The topological polar surface area (TPSA) is 72.2 Å². The summed E-state index contributed by atoms with van der Waals surface area (Å²) in [4.78, 5) is 22.2. The molecule has 7 heteroatoms. The summed E-state index contributed by atoms with van der Waals surface area (Å²) in [5, 5.41) is 2.24. The largest absolute Gasteiger partial charge is 0.368 e. The van der Waals surface area contributed by atoms with E-state index in [1.165, 1.54) is 12.1 Å². The van der Waals surface area contributed by atoms with Crippen LogP contribution in [0.5, 0.6) is 0 Å². The predicted molar refractivity (Wildman–Crippen MR) is 59.8 cm³/mol. The molecule has 3 N–H and O–H groups in total. The number of thioether (sulfide) groups is 1. The summed E-state index contributed by atoms with van der Waals surface area (Å²) < 4.78 is 24.5. The van der Waals surface area contributed by atoms with Crippen LogP contribution in [-0.2, 0) is 4.79 Å². The number of carbonyl (C=O) groups excluding carboxylic acids is 2. The van der Waals surface area contributed by atoms with Crippen LogP contribution in [0.15, 0.2) is 29.2 Å².